The van der Waals surface area contributed by atoms with Gasteiger partial charge in [0.2, 0.25) is 0 Å². The van der Waals surface area contributed by atoms with Crippen molar-refractivity contribution in [2.75, 3.05) is 0 Å². The van der Waals surface area contributed by atoms with Crippen LogP contribution in [0.15, 0.2) is 35.0 Å². The molecule has 0 fully saturated rings. The first kappa shape index (κ1) is 12.5. The van der Waals surface area contributed by atoms with E-state index in [1.807, 2.05) is 26.0 Å². The molecule has 102 valence electrons. The number of benzene rings is 1. The van der Waals surface area contributed by atoms with E-state index in [4.69, 9.17) is 9.63 Å². The molecule has 0 bridgehead atoms. The molecular formula is C15H14N2O3. The Labute approximate surface area is 115 Å². The molecule has 0 saturated heterocycles. The number of rotatable bonds is 3. The lowest BCUT2D eigenvalue weighted by Gasteiger charge is -2.05. The zero-order chi connectivity index (χ0) is 14.3. The molecule has 0 aliphatic carbocycles. The molecule has 5 nitrogen and oxygen atoms in total. The summed E-state index contributed by atoms with van der Waals surface area (Å²) >= 11 is 0. The molecule has 1 N–H and O–H groups in total. The highest BCUT2D eigenvalue weighted by atomic mass is 16.5. The van der Waals surface area contributed by atoms with Gasteiger partial charge in [0.25, 0.3) is 0 Å². The second-order valence-electron chi connectivity index (χ2n) is 4.81. The second-order valence-corrected chi connectivity index (χ2v) is 4.81. The number of aromatic carboxylic acids is 1. The van der Waals surface area contributed by atoms with Gasteiger partial charge in [0, 0.05) is 22.7 Å². The topological polar surface area (TPSA) is 68.3 Å². The molecule has 0 radical (unpaired) electrons. The van der Waals surface area contributed by atoms with Crippen molar-refractivity contribution in [3.8, 4) is 0 Å². The average molecular weight is 270 g/mol. The maximum absolute atomic E-state index is 11.1. The van der Waals surface area contributed by atoms with E-state index in [0.29, 0.717) is 12.1 Å². The molecule has 0 atom stereocenters. The minimum atomic E-state index is -0.910. The lowest BCUT2D eigenvalue weighted by molar-refractivity contribution is 0.0697. The molecule has 0 aliphatic rings. The fourth-order valence-electron chi connectivity index (χ4n) is 2.47. The highest BCUT2D eigenvalue weighted by molar-refractivity contribution is 5.95. The highest BCUT2D eigenvalue weighted by Crippen LogP contribution is 2.27. The summed E-state index contributed by atoms with van der Waals surface area (Å²) in [5.41, 5.74) is 3.49. The number of carbonyl (C=O) groups is 1. The predicted molar refractivity (Wildman–Crippen MR) is 74.0 cm³/mol. The molecule has 3 rings (SSSR count). The first-order chi connectivity index (χ1) is 9.58. The van der Waals surface area contributed by atoms with Gasteiger partial charge in [0.05, 0.1) is 18.3 Å². The Hall–Kier alpha value is -2.56. The standard InChI is InChI=1S/C15H14N2O3/c1-9-10(2)17(8-12-5-6-16-20-12)14-4-3-11(15(18)19)7-13(9)14/h3-7H,8H2,1-2H3,(H,18,19). The molecule has 3 aromatic rings. The van der Waals surface area contributed by atoms with Crippen LogP contribution < -0.4 is 0 Å². The summed E-state index contributed by atoms with van der Waals surface area (Å²) in [7, 11) is 0. The van der Waals surface area contributed by atoms with Crippen molar-refractivity contribution in [3.05, 3.63) is 53.0 Å². The number of hydrogen-bond acceptors (Lipinski definition) is 3. The fraction of sp³-hybridized carbons (Fsp3) is 0.200. The molecule has 0 aliphatic heterocycles. The summed E-state index contributed by atoms with van der Waals surface area (Å²) in [6, 6.07) is 7.01. The lowest BCUT2D eigenvalue weighted by atomic mass is 10.1. The van der Waals surface area contributed by atoms with Gasteiger partial charge >= 0.3 is 5.97 Å². The highest BCUT2D eigenvalue weighted by Gasteiger charge is 2.14. The van der Waals surface area contributed by atoms with Crippen molar-refractivity contribution in [3.63, 3.8) is 0 Å². The van der Waals surface area contributed by atoms with Crippen LogP contribution in [0.5, 0.6) is 0 Å². The van der Waals surface area contributed by atoms with Crippen LogP contribution in [0.25, 0.3) is 10.9 Å². The Morgan fingerprint density at radius 3 is 2.80 bits per heavy atom. The number of fused-ring (bicyclic) bond motifs is 1. The Morgan fingerprint density at radius 1 is 1.35 bits per heavy atom. The zero-order valence-corrected chi connectivity index (χ0v) is 11.3. The van der Waals surface area contributed by atoms with Crippen LogP contribution in [-0.4, -0.2) is 20.8 Å². The quantitative estimate of drug-likeness (QED) is 0.794. The molecular weight excluding hydrogens is 256 g/mol. The van der Waals surface area contributed by atoms with Crippen molar-refractivity contribution < 1.29 is 14.4 Å². The summed E-state index contributed by atoms with van der Waals surface area (Å²) in [4.78, 5) is 11.1. The number of hydrogen-bond donors (Lipinski definition) is 1. The number of aromatic nitrogens is 2. The van der Waals surface area contributed by atoms with Crippen LogP contribution in [-0.2, 0) is 6.54 Å². The van der Waals surface area contributed by atoms with Gasteiger partial charge in [-0.1, -0.05) is 5.16 Å². The molecule has 0 amide bonds. The molecule has 1 aromatic carbocycles. The third kappa shape index (κ3) is 1.87. The first-order valence-electron chi connectivity index (χ1n) is 6.30. The molecule has 0 spiro atoms. The van der Waals surface area contributed by atoms with Crippen molar-refractivity contribution in [2.45, 2.75) is 20.4 Å². The fourth-order valence-corrected chi connectivity index (χ4v) is 2.47. The molecule has 20 heavy (non-hydrogen) atoms. The molecule has 2 aromatic heterocycles. The maximum Gasteiger partial charge on any atom is 0.335 e. The van der Waals surface area contributed by atoms with Crippen molar-refractivity contribution in [1.82, 2.24) is 9.72 Å². The van der Waals surface area contributed by atoms with E-state index in [9.17, 15) is 4.79 Å². The SMILES string of the molecule is Cc1c(C)n(Cc2ccno2)c2ccc(C(=O)O)cc12. The van der Waals surface area contributed by atoms with E-state index in [2.05, 4.69) is 9.72 Å². The number of aryl methyl sites for hydroxylation is 1. The summed E-state index contributed by atoms with van der Waals surface area (Å²) < 4.78 is 7.26. The molecule has 2 heterocycles. The smallest absolute Gasteiger partial charge is 0.335 e. The van der Waals surface area contributed by atoms with Gasteiger partial charge in [-0.2, -0.15) is 0 Å². The largest absolute Gasteiger partial charge is 0.478 e. The summed E-state index contributed by atoms with van der Waals surface area (Å²) in [6.07, 6.45) is 1.62. The summed E-state index contributed by atoms with van der Waals surface area (Å²) in [6.45, 7) is 4.61. The van der Waals surface area contributed by atoms with Crippen LogP contribution >= 0.6 is 0 Å². The second kappa shape index (κ2) is 4.52. The third-order valence-electron chi connectivity index (χ3n) is 3.69. The predicted octanol–water partition coefficient (Wildman–Crippen LogP) is 2.99. The van der Waals surface area contributed by atoms with E-state index in [0.717, 1.165) is 27.9 Å². The van der Waals surface area contributed by atoms with Crippen molar-refractivity contribution in [1.29, 1.82) is 0 Å². The molecule has 0 unspecified atom stereocenters. The normalized spacial score (nSPS) is 11.1. The number of carboxylic acid groups (broad SMARTS) is 1. The van der Waals surface area contributed by atoms with Gasteiger partial charge in [-0.3, -0.25) is 0 Å². The Balaban J connectivity index is 2.17. The van der Waals surface area contributed by atoms with E-state index in [1.54, 1.807) is 18.3 Å². The van der Waals surface area contributed by atoms with E-state index in [-0.39, 0.29) is 0 Å². The van der Waals surface area contributed by atoms with Crippen LogP contribution in [0.2, 0.25) is 0 Å². The van der Waals surface area contributed by atoms with Crippen molar-refractivity contribution in [2.24, 2.45) is 0 Å². The van der Waals surface area contributed by atoms with Gasteiger partial charge in [0.1, 0.15) is 0 Å². The van der Waals surface area contributed by atoms with Gasteiger partial charge in [-0.15, -0.1) is 0 Å². The average Bonchev–Trinajstić information content (AvgIpc) is 3.02. The Kier molecular flexibility index (Phi) is 2.82. The third-order valence-corrected chi connectivity index (χ3v) is 3.69. The summed E-state index contributed by atoms with van der Waals surface area (Å²) in [5.74, 6) is -0.140. The molecule has 5 heteroatoms. The van der Waals surface area contributed by atoms with E-state index >= 15 is 0 Å². The van der Waals surface area contributed by atoms with Crippen LogP contribution in [0.4, 0.5) is 0 Å². The van der Waals surface area contributed by atoms with Gasteiger partial charge in [0.15, 0.2) is 5.76 Å². The minimum Gasteiger partial charge on any atom is -0.478 e. The van der Waals surface area contributed by atoms with Crippen molar-refractivity contribution >= 4 is 16.9 Å². The monoisotopic (exact) mass is 270 g/mol. The first-order valence-corrected chi connectivity index (χ1v) is 6.30. The number of nitrogens with zero attached hydrogens (tertiary/aromatic N) is 2. The van der Waals surface area contributed by atoms with Crippen LogP contribution in [0.1, 0.15) is 27.4 Å². The van der Waals surface area contributed by atoms with Gasteiger partial charge in [-0.25, -0.2) is 4.79 Å². The Morgan fingerprint density at radius 2 is 2.15 bits per heavy atom. The van der Waals surface area contributed by atoms with Gasteiger partial charge in [-0.05, 0) is 37.6 Å². The molecule has 0 saturated carbocycles. The lowest BCUT2D eigenvalue weighted by Crippen LogP contribution is -2.01. The summed E-state index contributed by atoms with van der Waals surface area (Å²) in [5, 5.41) is 13.8. The van der Waals surface area contributed by atoms with E-state index in [1.165, 1.54) is 0 Å². The van der Waals surface area contributed by atoms with Gasteiger partial charge < -0.3 is 14.2 Å². The zero-order valence-electron chi connectivity index (χ0n) is 11.3. The maximum atomic E-state index is 11.1. The Bertz CT molecular complexity index is 785. The van der Waals surface area contributed by atoms with Crippen LogP contribution in [0.3, 0.4) is 0 Å². The van der Waals surface area contributed by atoms with E-state index < -0.39 is 5.97 Å². The van der Waals surface area contributed by atoms with Crippen LogP contribution in [0, 0.1) is 13.8 Å². The number of carboxylic acids is 1. The minimum absolute atomic E-state index is 0.303.